The van der Waals surface area contributed by atoms with E-state index in [-0.39, 0.29) is 17.9 Å². The molecule has 2 aromatic heterocycles. The summed E-state index contributed by atoms with van der Waals surface area (Å²) in [6, 6.07) is 7.29. The number of rotatable bonds is 5. The molecule has 0 bridgehead atoms. The van der Waals surface area contributed by atoms with Gasteiger partial charge in [-0.1, -0.05) is 0 Å². The average Bonchev–Trinajstić information content (AvgIpc) is 3.20. The molecule has 0 radical (unpaired) electrons. The molecule has 9 nitrogen and oxygen atoms in total. The van der Waals surface area contributed by atoms with Crippen LogP contribution in [0.5, 0.6) is 0 Å². The Hall–Kier alpha value is -3.20. The molecule has 23 heavy (non-hydrogen) atoms. The van der Waals surface area contributed by atoms with Gasteiger partial charge in [-0.3, -0.25) is 20.0 Å². The van der Waals surface area contributed by atoms with Crippen molar-refractivity contribution in [1.82, 2.24) is 15.5 Å². The average molecular weight is 316 g/mol. The molecule has 1 amide bonds. The Morgan fingerprint density at radius 2 is 2.30 bits per heavy atom. The third-order valence-electron chi connectivity index (χ3n) is 3.30. The minimum Gasteiger partial charge on any atom is -0.467 e. The number of benzene rings is 1. The van der Waals surface area contributed by atoms with Gasteiger partial charge in [-0.05, 0) is 18.2 Å². The fraction of sp³-hybridized carbons (Fsp3) is 0.143. The van der Waals surface area contributed by atoms with Crippen LogP contribution in [0.2, 0.25) is 0 Å². The van der Waals surface area contributed by atoms with Crippen molar-refractivity contribution in [2.75, 3.05) is 6.54 Å². The smallest absolute Gasteiger partial charge is 0.272 e. The van der Waals surface area contributed by atoms with Crippen LogP contribution in [0, 0.1) is 10.1 Å². The van der Waals surface area contributed by atoms with Gasteiger partial charge in [-0.15, -0.1) is 0 Å². The number of aromatic nitrogens is 2. The molecular weight excluding hydrogens is 304 g/mol. The van der Waals surface area contributed by atoms with Crippen molar-refractivity contribution in [1.29, 1.82) is 0 Å². The lowest BCUT2D eigenvalue weighted by Crippen LogP contribution is -2.28. The normalized spacial score (nSPS) is 12.2. The molecule has 9 heteroatoms. The summed E-state index contributed by atoms with van der Waals surface area (Å²) in [6.45, 7) is -0.0738. The van der Waals surface area contributed by atoms with Crippen LogP contribution in [0.25, 0.3) is 10.9 Å². The number of non-ortho nitro benzene ring substituents is 1. The molecule has 1 atom stereocenters. The highest BCUT2D eigenvalue weighted by atomic mass is 16.6. The summed E-state index contributed by atoms with van der Waals surface area (Å²) < 4.78 is 5.03. The first-order valence-electron chi connectivity index (χ1n) is 6.68. The highest BCUT2D eigenvalue weighted by Gasteiger charge is 2.19. The zero-order valence-electron chi connectivity index (χ0n) is 11.7. The predicted octanol–water partition coefficient (Wildman–Crippen LogP) is 1.53. The van der Waals surface area contributed by atoms with E-state index in [9.17, 15) is 20.0 Å². The topological polar surface area (TPSA) is 134 Å². The Morgan fingerprint density at radius 3 is 3.00 bits per heavy atom. The van der Waals surface area contributed by atoms with Crippen LogP contribution in [0.15, 0.2) is 41.0 Å². The summed E-state index contributed by atoms with van der Waals surface area (Å²) in [5.74, 6) is -0.227. The van der Waals surface area contributed by atoms with Gasteiger partial charge in [0, 0.05) is 17.5 Å². The van der Waals surface area contributed by atoms with Crippen molar-refractivity contribution in [2.24, 2.45) is 0 Å². The fourth-order valence-corrected chi connectivity index (χ4v) is 2.14. The second-order valence-electron chi connectivity index (χ2n) is 4.80. The van der Waals surface area contributed by atoms with E-state index in [1.165, 1.54) is 24.5 Å². The number of H-pyrrole nitrogens is 1. The van der Waals surface area contributed by atoms with Crippen LogP contribution in [0.1, 0.15) is 22.4 Å². The fourth-order valence-electron chi connectivity index (χ4n) is 2.14. The SMILES string of the molecule is O=C(NCC(O)c1ccco1)c1n[nH]c2ccc([N+](=O)[O-])cc12. The number of aliphatic hydroxyl groups is 1. The first-order valence-corrected chi connectivity index (χ1v) is 6.68. The van der Waals surface area contributed by atoms with E-state index in [2.05, 4.69) is 15.5 Å². The third kappa shape index (κ3) is 2.90. The molecule has 0 saturated heterocycles. The maximum atomic E-state index is 12.2. The summed E-state index contributed by atoms with van der Waals surface area (Å²) in [5, 5.41) is 30.0. The molecule has 3 aromatic rings. The summed E-state index contributed by atoms with van der Waals surface area (Å²) in [4.78, 5) is 22.4. The van der Waals surface area contributed by atoms with Gasteiger partial charge in [-0.25, -0.2) is 0 Å². The number of nitro benzene ring substituents is 1. The number of amides is 1. The number of fused-ring (bicyclic) bond motifs is 1. The number of aromatic amines is 1. The molecule has 3 N–H and O–H groups in total. The minimum absolute atomic E-state index is 0.0235. The molecule has 1 unspecified atom stereocenters. The monoisotopic (exact) mass is 316 g/mol. The van der Waals surface area contributed by atoms with E-state index in [1.807, 2.05) is 0 Å². The Balaban J connectivity index is 1.78. The van der Waals surface area contributed by atoms with Crippen molar-refractivity contribution in [2.45, 2.75) is 6.10 Å². The molecule has 0 saturated carbocycles. The van der Waals surface area contributed by atoms with Crippen molar-refractivity contribution in [3.05, 3.63) is 58.2 Å². The highest BCUT2D eigenvalue weighted by Crippen LogP contribution is 2.22. The van der Waals surface area contributed by atoms with E-state index >= 15 is 0 Å². The Kier molecular flexibility index (Phi) is 3.77. The standard InChI is InChI=1S/C14H12N4O5/c19-11(12-2-1-5-23-12)7-15-14(20)13-9-6-8(18(21)22)3-4-10(9)16-17-13/h1-6,11,19H,7H2,(H,15,20)(H,16,17). The number of furan rings is 1. The largest absolute Gasteiger partial charge is 0.467 e. The van der Waals surface area contributed by atoms with E-state index in [0.717, 1.165) is 0 Å². The van der Waals surface area contributed by atoms with Gasteiger partial charge in [0.05, 0.1) is 23.2 Å². The number of nitrogens with one attached hydrogen (secondary N) is 2. The molecule has 0 fully saturated rings. The summed E-state index contributed by atoms with van der Waals surface area (Å²) in [6.07, 6.45) is 0.425. The maximum Gasteiger partial charge on any atom is 0.272 e. The molecule has 0 aliphatic heterocycles. The number of aliphatic hydroxyl groups excluding tert-OH is 1. The molecule has 3 rings (SSSR count). The Labute approximate surface area is 129 Å². The summed E-state index contributed by atoms with van der Waals surface area (Å²) in [5.41, 5.74) is 0.395. The van der Waals surface area contributed by atoms with Crippen molar-refractivity contribution >= 4 is 22.5 Å². The van der Waals surface area contributed by atoms with Gasteiger partial charge in [0.15, 0.2) is 5.69 Å². The lowest BCUT2D eigenvalue weighted by molar-refractivity contribution is -0.384. The Bertz CT molecular complexity index is 855. The van der Waals surface area contributed by atoms with E-state index in [0.29, 0.717) is 16.7 Å². The first-order chi connectivity index (χ1) is 11.1. The second kappa shape index (κ2) is 5.89. The molecular formula is C14H12N4O5. The number of hydrogen-bond donors (Lipinski definition) is 3. The summed E-state index contributed by atoms with van der Waals surface area (Å²) in [7, 11) is 0. The van der Waals surface area contributed by atoms with E-state index < -0.39 is 16.9 Å². The van der Waals surface area contributed by atoms with E-state index in [4.69, 9.17) is 4.42 Å². The maximum absolute atomic E-state index is 12.2. The number of hydrogen-bond acceptors (Lipinski definition) is 6. The molecule has 0 aliphatic carbocycles. The predicted molar refractivity (Wildman–Crippen MR) is 78.7 cm³/mol. The van der Waals surface area contributed by atoms with Gasteiger partial charge in [-0.2, -0.15) is 5.10 Å². The lowest BCUT2D eigenvalue weighted by atomic mass is 10.2. The van der Waals surface area contributed by atoms with Crippen LogP contribution < -0.4 is 5.32 Å². The van der Waals surface area contributed by atoms with Crippen LogP contribution in [-0.2, 0) is 0 Å². The molecule has 2 heterocycles. The van der Waals surface area contributed by atoms with Crippen LogP contribution in [0.3, 0.4) is 0 Å². The number of carbonyl (C=O) groups is 1. The van der Waals surface area contributed by atoms with Crippen LogP contribution >= 0.6 is 0 Å². The van der Waals surface area contributed by atoms with Gasteiger partial charge in [0.25, 0.3) is 11.6 Å². The molecule has 118 valence electrons. The van der Waals surface area contributed by atoms with E-state index in [1.54, 1.807) is 12.1 Å². The van der Waals surface area contributed by atoms with Gasteiger partial charge in [0.2, 0.25) is 0 Å². The summed E-state index contributed by atoms with van der Waals surface area (Å²) >= 11 is 0. The molecule has 0 spiro atoms. The third-order valence-corrected chi connectivity index (χ3v) is 3.30. The van der Waals surface area contributed by atoms with Crippen LogP contribution in [-0.4, -0.2) is 32.7 Å². The minimum atomic E-state index is -0.992. The lowest BCUT2D eigenvalue weighted by Gasteiger charge is -2.08. The van der Waals surface area contributed by atoms with Crippen LogP contribution in [0.4, 0.5) is 5.69 Å². The highest BCUT2D eigenvalue weighted by molar-refractivity contribution is 6.05. The van der Waals surface area contributed by atoms with Gasteiger partial charge >= 0.3 is 0 Å². The zero-order chi connectivity index (χ0) is 16.4. The quantitative estimate of drug-likeness (QED) is 0.482. The van der Waals surface area contributed by atoms with Gasteiger partial charge in [0.1, 0.15) is 11.9 Å². The second-order valence-corrected chi connectivity index (χ2v) is 4.80. The number of nitro groups is 1. The van der Waals surface area contributed by atoms with Crippen molar-refractivity contribution in [3.8, 4) is 0 Å². The molecule has 1 aromatic carbocycles. The van der Waals surface area contributed by atoms with Crippen molar-refractivity contribution in [3.63, 3.8) is 0 Å². The first kappa shape index (κ1) is 14.7. The van der Waals surface area contributed by atoms with Gasteiger partial charge < -0.3 is 14.8 Å². The number of carbonyl (C=O) groups excluding carboxylic acids is 1. The van der Waals surface area contributed by atoms with Crippen molar-refractivity contribution < 1.29 is 19.2 Å². The number of nitrogens with zero attached hydrogens (tertiary/aromatic N) is 2. The molecule has 0 aliphatic rings. The Morgan fingerprint density at radius 1 is 1.48 bits per heavy atom. The zero-order valence-corrected chi connectivity index (χ0v) is 11.7.